The Labute approximate surface area is 151 Å². The molecule has 2 heterocycles. The van der Waals surface area contributed by atoms with Crippen molar-refractivity contribution in [1.29, 1.82) is 0 Å². The number of carbonyl (C=O) groups is 1. The largest absolute Gasteiger partial charge is 0.497 e. The summed E-state index contributed by atoms with van der Waals surface area (Å²) in [5.41, 5.74) is 1.84. The summed E-state index contributed by atoms with van der Waals surface area (Å²) in [5.74, 6) is 2.15. The lowest BCUT2D eigenvalue weighted by molar-refractivity contribution is -0.120. The smallest absolute Gasteiger partial charge is 0.254 e. The van der Waals surface area contributed by atoms with Crippen LogP contribution < -0.4 is 20.3 Å². The van der Waals surface area contributed by atoms with Gasteiger partial charge in [-0.1, -0.05) is 6.07 Å². The van der Waals surface area contributed by atoms with Crippen LogP contribution in [-0.4, -0.2) is 36.1 Å². The fourth-order valence-electron chi connectivity index (χ4n) is 3.11. The number of amides is 1. The maximum Gasteiger partial charge on any atom is 0.254 e. The zero-order valence-corrected chi connectivity index (χ0v) is 15.2. The molecule has 2 aromatic rings. The summed E-state index contributed by atoms with van der Waals surface area (Å²) >= 11 is 0. The number of hydrogen-bond donors (Lipinski definition) is 2. The topological polar surface area (TPSA) is 93.3 Å². The molecule has 1 amide bonds. The third-order valence-electron chi connectivity index (χ3n) is 4.52. The van der Waals surface area contributed by atoms with Gasteiger partial charge in [0, 0.05) is 29.8 Å². The average Bonchev–Trinajstić information content (AvgIpc) is 2.62. The van der Waals surface area contributed by atoms with Crippen molar-refractivity contribution in [3.8, 4) is 11.5 Å². The van der Waals surface area contributed by atoms with Crippen LogP contribution in [0.4, 0.5) is 0 Å². The van der Waals surface area contributed by atoms with Crippen LogP contribution in [0.15, 0.2) is 23.0 Å². The van der Waals surface area contributed by atoms with Crippen LogP contribution in [0.3, 0.4) is 0 Å². The molecule has 1 atom stereocenters. The summed E-state index contributed by atoms with van der Waals surface area (Å²) in [5, 5.41) is 2.90. The number of nitrogens with one attached hydrogen (secondary N) is 2. The molecule has 26 heavy (non-hydrogen) atoms. The number of methoxy groups -OCH3 is 1. The molecule has 7 nitrogen and oxygen atoms in total. The predicted octanol–water partition coefficient (Wildman–Crippen LogP) is 1.31. The average molecular weight is 357 g/mol. The van der Waals surface area contributed by atoms with Crippen LogP contribution in [0.1, 0.15) is 22.6 Å². The Morgan fingerprint density at radius 1 is 1.42 bits per heavy atom. The van der Waals surface area contributed by atoms with E-state index in [9.17, 15) is 9.59 Å². The number of fused-ring (bicyclic) bond motifs is 1. The molecule has 0 radical (unpaired) electrons. The first kappa shape index (κ1) is 18.0. The molecule has 1 aliphatic heterocycles. The quantitative estimate of drug-likeness (QED) is 0.841. The molecule has 7 heteroatoms. The molecule has 0 saturated heterocycles. The number of ether oxygens (including phenoxy) is 2. The van der Waals surface area contributed by atoms with E-state index in [2.05, 4.69) is 15.3 Å². The Kier molecular flexibility index (Phi) is 5.25. The molecule has 1 aromatic carbocycles. The highest BCUT2D eigenvalue weighted by atomic mass is 16.5. The predicted molar refractivity (Wildman–Crippen MR) is 96.7 cm³/mol. The van der Waals surface area contributed by atoms with Crippen molar-refractivity contribution in [3.63, 3.8) is 0 Å². The number of nitrogens with zero attached hydrogens (tertiary/aromatic N) is 1. The molecule has 0 unspecified atom stereocenters. The standard InChI is InChI=1S/C19H23N3O4/c1-11-16(19(24)22-12(2)21-11)8-18(23)20-9-13-6-14-4-5-15(25-3)7-17(14)26-10-13/h4-5,7,13H,6,8-10H2,1-3H3,(H,20,23)(H,21,22,24)/t13-/m1/s1. The number of aromatic nitrogens is 2. The first-order valence-electron chi connectivity index (χ1n) is 8.59. The molecule has 3 rings (SSSR count). The number of aromatic amines is 1. The van der Waals surface area contributed by atoms with E-state index in [1.165, 1.54) is 0 Å². The fraction of sp³-hybridized carbons (Fsp3) is 0.421. The lowest BCUT2D eigenvalue weighted by atomic mass is 9.96. The molecule has 0 saturated carbocycles. The van der Waals surface area contributed by atoms with Gasteiger partial charge in [-0.15, -0.1) is 0 Å². The van der Waals surface area contributed by atoms with Gasteiger partial charge in [0.25, 0.3) is 5.56 Å². The fourth-order valence-corrected chi connectivity index (χ4v) is 3.11. The van der Waals surface area contributed by atoms with Gasteiger partial charge in [0.15, 0.2) is 0 Å². The van der Waals surface area contributed by atoms with Gasteiger partial charge in [0.1, 0.15) is 17.3 Å². The lowest BCUT2D eigenvalue weighted by Gasteiger charge is -2.25. The molecule has 138 valence electrons. The van der Waals surface area contributed by atoms with E-state index in [1.807, 2.05) is 18.2 Å². The van der Waals surface area contributed by atoms with Crippen LogP contribution in [0, 0.1) is 19.8 Å². The number of aryl methyl sites for hydroxylation is 2. The SMILES string of the molecule is COc1ccc2c(c1)OC[C@@H](CNC(=O)Cc1c(C)nc(C)[nH]c1=O)C2. The Morgan fingerprint density at radius 2 is 2.23 bits per heavy atom. The van der Waals surface area contributed by atoms with Gasteiger partial charge in [-0.05, 0) is 31.9 Å². The molecular formula is C19H23N3O4. The number of benzene rings is 1. The number of hydrogen-bond acceptors (Lipinski definition) is 5. The van der Waals surface area contributed by atoms with Crippen LogP contribution >= 0.6 is 0 Å². The van der Waals surface area contributed by atoms with Gasteiger partial charge in [-0.25, -0.2) is 4.98 Å². The number of H-pyrrole nitrogens is 1. The Hall–Kier alpha value is -2.83. The highest BCUT2D eigenvalue weighted by Crippen LogP contribution is 2.30. The third-order valence-corrected chi connectivity index (χ3v) is 4.52. The summed E-state index contributed by atoms with van der Waals surface area (Å²) in [7, 11) is 1.62. The van der Waals surface area contributed by atoms with Crippen molar-refractivity contribution in [2.24, 2.45) is 5.92 Å². The first-order valence-corrected chi connectivity index (χ1v) is 8.59. The minimum absolute atomic E-state index is 0.0236. The van der Waals surface area contributed by atoms with Crippen molar-refractivity contribution < 1.29 is 14.3 Å². The molecular weight excluding hydrogens is 334 g/mol. The van der Waals surface area contributed by atoms with Gasteiger partial charge < -0.3 is 19.8 Å². The van der Waals surface area contributed by atoms with Crippen molar-refractivity contribution in [2.45, 2.75) is 26.7 Å². The summed E-state index contributed by atoms with van der Waals surface area (Å²) in [6.07, 6.45) is 0.848. The van der Waals surface area contributed by atoms with Crippen molar-refractivity contribution >= 4 is 5.91 Å². The summed E-state index contributed by atoms with van der Waals surface area (Å²) < 4.78 is 11.0. The summed E-state index contributed by atoms with van der Waals surface area (Å²) in [4.78, 5) is 31.1. The van der Waals surface area contributed by atoms with Crippen molar-refractivity contribution in [2.75, 3.05) is 20.3 Å². The minimum atomic E-state index is -0.256. The minimum Gasteiger partial charge on any atom is -0.497 e. The van der Waals surface area contributed by atoms with Crippen LogP contribution in [0.25, 0.3) is 0 Å². The number of rotatable bonds is 5. The maximum absolute atomic E-state index is 12.2. The van der Waals surface area contributed by atoms with Crippen molar-refractivity contribution in [1.82, 2.24) is 15.3 Å². The van der Waals surface area contributed by atoms with Crippen molar-refractivity contribution in [3.05, 3.63) is 51.2 Å². The Balaban J connectivity index is 1.56. The van der Waals surface area contributed by atoms with Crippen LogP contribution in [-0.2, 0) is 17.6 Å². The van der Waals surface area contributed by atoms with Gasteiger partial charge in [0.2, 0.25) is 5.91 Å². The molecule has 0 bridgehead atoms. The molecule has 2 N–H and O–H groups in total. The van der Waals surface area contributed by atoms with Gasteiger partial charge in [-0.3, -0.25) is 9.59 Å². The maximum atomic E-state index is 12.2. The van der Waals surface area contributed by atoms with E-state index in [0.717, 1.165) is 23.5 Å². The molecule has 0 fully saturated rings. The van der Waals surface area contributed by atoms with E-state index < -0.39 is 0 Å². The van der Waals surface area contributed by atoms with Gasteiger partial charge >= 0.3 is 0 Å². The molecule has 0 aliphatic carbocycles. The van der Waals surface area contributed by atoms with Gasteiger partial charge in [0.05, 0.1) is 20.1 Å². The van der Waals surface area contributed by atoms with E-state index in [-0.39, 0.29) is 23.8 Å². The summed E-state index contributed by atoms with van der Waals surface area (Å²) in [6, 6.07) is 5.77. The van der Waals surface area contributed by atoms with E-state index in [4.69, 9.17) is 9.47 Å². The zero-order chi connectivity index (χ0) is 18.7. The van der Waals surface area contributed by atoms with E-state index in [0.29, 0.717) is 30.2 Å². The Morgan fingerprint density at radius 3 is 2.96 bits per heavy atom. The van der Waals surface area contributed by atoms with Crippen LogP contribution in [0.5, 0.6) is 11.5 Å². The van der Waals surface area contributed by atoms with Gasteiger partial charge in [-0.2, -0.15) is 0 Å². The first-order chi connectivity index (χ1) is 12.5. The highest BCUT2D eigenvalue weighted by molar-refractivity contribution is 5.78. The number of carbonyl (C=O) groups excluding carboxylic acids is 1. The Bertz CT molecular complexity index is 876. The second kappa shape index (κ2) is 7.59. The molecule has 1 aliphatic rings. The molecule has 0 spiro atoms. The third kappa shape index (κ3) is 4.04. The van der Waals surface area contributed by atoms with E-state index >= 15 is 0 Å². The second-order valence-corrected chi connectivity index (χ2v) is 6.55. The second-order valence-electron chi connectivity index (χ2n) is 6.55. The summed E-state index contributed by atoms with van der Waals surface area (Å²) in [6.45, 7) is 4.49. The normalized spacial score (nSPS) is 15.7. The highest BCUT2D eigenvalue weighted by Gasteiger charge is 2.21. The lowest BCUT2D eigenvalue weighted by Crippen LogP contribution is -2.36. The molecule has 1 aromatic heterocycles. The van der Waals surface area contributed by atoms with E-state index in [1.54, 1.807) is 21.0 Å². The van der Waals surface area contributed by atoms with Crippen LogP contribution in [0.2, 0.25) is 0 Å². The monoisotopic (exact) mass is 357 g/mol. The zero-order valence-electron chi connectivity index (χ0n) is 15.2.